The summed E-state index contributed by atoms with van der Waals surface area (Å²) in [7, 11) is 0. The third-order valence-electron chi connectivity index (χ3n) is 2.47. The standard InChI is InChI=1S/C13H17N3/c1-5-7-16(6-2)13-12(9-14)10(3)8-11(4)15-13/h5,8H,1,6-7H2,2-4H3. The van der Waals surface area contributed by atoms with Gasteiger partial charge in [0.05, 0.1) is 5.56 Å². The van der Waals surface area contributed by atoms with E-state index in [-0.39, 0.29) is 0 Å². The molecule has 0 aromatic carbocycles. The van der Waals surface area contributed by atoms with E-state index in [0.29, 0.717) is 12.1 Å². The van der Waals surface area contributed by atoms with Crippen LogP contribution in [0.15, 0.2) is 18.7 Å². The van der Waals surface area contributed by atoms with E-state index in [2.05, 4.69) is 17.6 Å². The van der Waals surface area contributed by atoms with Gasteiger partial charge >= 0.3 is 0 Å². The van der Waals surface area contributed by atoms with Crippen LogP contribution in [0.3, 0.4) is 0 Å². The van der Waals surface area contributed by atoms with E-state index in [4.69, 9.17) is 5.26 Å². The van der Waals surface area contributed by atoms with Crippen molar-refractivity contribution in [3.05, 3.63) is 35.5 Å². The first kappa shape index (κ1) is 12.3. The number of aromatic nitrogens is 1. The topological polar surface area (TPSA) is 39.9 Å². The molecule has 1 aromatic heterocycles. The van der Waals surface area contributed by atoms with Crippen molar-refractivity contribution < 1.29 is 0 Å². The zero-order chi connectivity index (χ0) is 12.1. The number of anilines is 1. The van der Waals surface area contributed by atoms with Crippen LogP contribution in [0.2, 0.25) is 0 Å². The molecule has 0 bridgehead atoms. The predicted molar refractivity (Wildman–Crippen MR) is 66.5 cm³/mol. The highest BCUT2D eigenvalue weighted by Gasteiger charge is 2.13. The van der Waals surface area contributed by atoms with E-state index in [1.165, 1.54) is 0 Å². The monoisotopic (exact) mass is 215 g/mol. The molecule has 1 aromatic rings. The van der Waals surface area contributed by atoms with Crippen LogP contribution in [-0.2, 0) is 0 Å². The van der Waals surface area contributed by atoms with Gasteiger partial charge < -0.3 is 4.90 Å². The summed E-state index contributed by atoms with van der Waals surface area (Å²) < 4.78 is 0. The Bertz CT molecular complexity index is 430. The molecular weight excluding hydrogens is 198 g/mol. The van der Waals surface area contributed by atoms with Crippen molar-refractivity contribution >= 4 is 5.82 Å². The molecule has 0 saturated carbocycles. The molecule has 3 heteroatoms. The first-order valence-electron chi connectivity index (χ1n) is 5.38. The Morgan fingerprint density at radius 3 is 2.75 bits per heavy atom. The molecule has 16 heavy (non-hydrogen) atoms. The molecule has 1 heterocycles. The number of hydrogen-bond donors (Lipinski definition) is 0. The normalized spacial score (nSPS) is 9.62. The summed E-state index contributed by atoms with van der Waals surface area (Å²) in [6.07, 6.45) is 1.82. The van der Waals surface area contributed by atoms with Gasteiger partial charge in [-0.3, -0.25) is 0 Å². The van der Waals surface area contributed by atoms with Crippen molar-refractivity contribution in [2.75, 3.05) is 18.0 Å². The van der Waals surface area contributed by atoms with Crippen molar-refractivity contribution in [1.29, 1.82) is 5.26 Å². The highest BCUT2D eigenvalue weighted by atomic mass is 15.2. The largest absolute Gasteiger partial charge is 0.352 e. The Morgan fingerprint density at radius 1 is 1.56 bits per heavy atom. The van der Waals surface area contributed by atoms with Crippen LogP contribution in [0.5, 0.6) is 0 Å². The third kappa shape index (κ3) is 2.40. The van der Waals surface area contributed by atoms with Crippen LogP contribution in [0.25, 0.3) is 0 Å². The van der Waals surface area contributed by atoms with Gasteiger partial charge in [0.1, 0.15) is 11.9 Å². The van der Waals surface area contributed by atoms with Gasteiger partial charge in [-0.05, 0) is 32.4 Å². The van der Waals surface area contributed by atoms with Gasteiger partial charge in [0.25, 0.3) is 0 Å². The minimum Gasteiger partial charge on any atom is -0.352 e. The van der Waals surface area contributed by atoms with Crippen molar-refractivity contribution in [2.24, 2.45) is 0 Å². The molecule has 0 N–H and O–H groups in total. The van der Waals surface area contributed by atoms with Gasteiger partial charge in [0.2, 0.25) is 0 Å². The zero-order valence-corrected chi connectivity index (χ0v) is 10.1. The smallest absolute Gasteiger partial charge is 0.147 e. The first-order valence-corrected chi connectivity index (χ1v) is 5.38. The molecule has 1 rings (SSSR count). The highest BCUT2D eigenvalue weighted by Crippen LogP contribution is 2.21. The van der Waals surface area contributed by atoms with Gasteiger partial charge in [-0.2, -0.15) is 5.26 Å². The van der Waals surface area contributed by atoms with E-state index < -0.39 is 0 Å². The summed E-state index contributed by atoms with van der Waals surface area (Å²) in [6, 6.07) is 4.16. The van der Waals surface area contributed by atoms with Crippen LogP contribution in [0.1, 0.15) is 23.7 Å². The molecular formula is C13H17N3. The molecule has 0 aliphatic heterocycles. The molecule has 3 nitrogen and oxygen atoms in total. The Morgan fingerprint density at radius 2 is 2.25 bits per heavy atom. The predicted octanol–water partition coefficient (Wildman–Crippen LogP) is 2.58. The Kier molecular flexibility index (Phi) is 4.07. The van der Waals surface area contributed by atoms with Crippen molar-refractivity contribution in [3.8, 4) is 6.07 Å². The van der Waals surface area contributed by atoms with Crippen molar-refractivity contribution in [3.63, 3.8) is 0 Å². The second-order valence-electron chi connectivity index (χ2n) is 3.72. The van der Waals surface area contributed by atoms with Gasteiger partial charge in [-0.15, -0.1) is 6.58 Å². The molecule has 0 aliphatic rings. The number of nitriles is 1. The molecule has 0 spiro atoms. The van der Waals surface area contributed by atoms with Crippen LogP contribution in [0.4, 0.5) is 5.82 Å². The maximum atomic E-state index is 9.16. The first-order chi connectivity index (χ1) is 7.63. The molecule has 0 atom stereocenters. The lowest BCUT2D eigenvalue weighted by Crippen LogP contribution is -2.25. The maximum absolute atomic E-state index is 9.16. The lowest BCUT2D eigenvalue weighted by atomic mass is 10.1. The fourth-order valence-corrected chi connectivity index (χ4v) is 1.71. The average Bonchev–Trinajstić information content (AvgIpc) is 2.25. The molecule has 84 valence electrons. The number of nitrogens with zero attached hydrogens (tertiary/aromatic N) is 3. The Hall–Kier alpha value is -1.82. The molecule has 0 saturated heterocycles. The van der Waals surface area contributed by atoms with E-state index in [9.17, 15) is 0 Å². The SMILES string of the molecule is C=CCN(CC)c1nc(C)cc(C)c1C#N. The van der Waals surface area contributed by atoms with E-state index in [0.717, 1.165) is 23.6 Å². The minimum absolute atomic E-state index is 0.661. The Labute approximate surface area is 97.0 Å². The number of rotatable bonds is 4. The van der Waals surface area contributed by atoms with Gasteiger partial charge in [0.15, 0.2) is 0 Å². The number of aryl methyl sites for hydroxylation is 2. The fourth-order valence-electron chi connectivity index (χ4n) is 1.71. The van der Waals surface area contributed by atoms with Gasteiger partial charge in [-0.1, -0.05) is 6.08 Å². The summed E-state index contributed by atoms with van der Waals surface area (Å²) >= 11 is 0. The average molecular weight is 215 g/mol. The number of likely N-dealkylation sites (N-methyl/N-ethyl adjacent to an activating group) is 1. The van der Waals surface area contributed by atoms with Crippen LogP contribution < -0.4 is 4.90 Å². The van der Waals surface area contributed by atoms with Crippen molar-refractivity contribution in [2.45, 2.75) is 20.8 Å². The number of pyridine rings is 1. The second kappa shape index (κ2) is 5.32. The molecule has 0 fully saturated rings. The summed E-state index contributed by atoms with van der Waals surface area (Å²) in [5, 5.41) is 9.16. The quantitative estimate of drug-likeness (QED) is 0.725. The van der Waals surface area contributed by atoms with Crippen molar-refractivity contribution in [1.82, 2.24) is 4.98 Å². The van der Waals surface area contributed by atoms with Gasteiger partial charge in [-0.25, -0.2) is 4.98 Å². The highest BCUT2D eigenvalue weighted by molar-refractivity contribution is 5.58. The van der Waals surface area contributed by atoms with E-state index >= 15 is 0 Å². The zero-order valence-electron chi connectivity index (χ0n) is 10.1. The van der Waals surface area contributed by atoms with Crippen LogP contribution in [-0.4, -0.2) is 18.1 Å². The summed E-state index contributed by atoms with van der Waals surface area (Å²) in [5.41, 5.74) is 2.58. The Balaban J connectivity index is 3.29. The van der Waals surface area contributed by atoms with E-state index in [1.807, 2.05) is 37.8 Å². The summed E-state index contributed by atoms with van der Waals surface area (Å²) in [5.74, 6) is 0.766. The molecule has 0 unspecified atom stereocenters. The summed E-state index contributed by atoms with van der Waals surface area (Å²) in [6.45, 7) is 11.2. The third-order valence-corrected chi connectivity index (χ3v) is 2.47. The number of hydrogen-bond acceptors (Lipinski definition) is 3. The van der Waals surface area contributed by atoms with Gasteiger partial charge in [0, 0.05) is 18.8 Å². The molecule has 0 amide bonds. The fraction of sp³-hybridized carbons (Fsp3) is 0.385. The van der Waals surface area contributed by atoms with Crippen LogP contribution >= 0.6 is 0 Å². The second-order valence-corrected chi connectivity index (χ2v) is 3.72. The lowest BCUT2D eigenvalue weighted by molar-refractivity contribution is 0.872. The minimum atomic E-state index is 0.661. The molecule has 0 aliphatic carbocycles. The molecule has 0 radical (unpaired) electrons. The lowest BCUT2D eigenvalue weighted by Gasteiger charge is -2.22. The summed E-state index contributed by atoms with van der Waals surface area (Å²) in [4.78, 5) is 6.50. The van der Waals surface area contributed by atoms with Crippen LogP contribution in [0, 0.1) is 25.2 Å². The maximum Gasteiger partial charge on any atom is 0.147 e. The van der Waals surface area contributed by atoms with E-state index in [1.54, 1.807) is 0 Å².